The van der Waals surface area contributed by atoms with Crippen LogP contribution < -0.4 is 15.5 Å². The Morgan fingerprint density at radius 2 is 2.08 bits per heavy atom. The number of ether oxygens (including phenoxy) is 1. The van der Waals surface area contributed by atoms with Crippen molar-refractivity contribution in [2.45, 2.75) is 13.5 Å². The van der Waals surface area contributed by atoms with E-state index in [0.29, 0.717) is 22.5 Å². The molecule has 0 bridgehead atoms. The summed E-state index contributed by atoms with van der Waals surface area (Å²) in [6, 6.07) is 13.6. The van der Waals surface area contributed by atoms with Crippen LogP contribution in [0.15, 0.2) is 52.0 Å². The first kappa shape index (κ1) is 18.7. The minimum absolute atomic E-state index is 0.450. The van der Waals surface area contributed by atoms with Gasteiger partial charge in [0.25, 0.3) is 0 Å². The second-order valence-electron chi connectivity index (χ2n) is 4.82. The second-order valence-corrected chi connectivity index (χ2v) is 6.49. The molecule has 126 valence electrons. The topological polar surface area (TPSA) is 45.7 Å². The lowest BCUT2D eigenvalue weighted by Crippen LogP contribution is -2.31. The molecule has 0 aromatic heterocycles. The van der Waals surface area contributed by atoms with Crippen LogP contribution in [0.4, 0.5) is 0 Å². The summed E-state index contributed by atoms with van der Waals surface area (Å²) in [5, 5.41) is 8.00. The second kappa shape index (κ2) is 9.61. The van der Waals surface area contributed by atoms with Crippen molar-refractivity contribution >= 4 is 51.1 Å². The van der Waals surface area contributed by atoms with Crippen LogP contribution in [0.25, 0.3) is 0 Å². The van der Waals surface area contributed by atoms with E-state index in [-0.39, 0.29) is 0 Å². The summed E-state index contributed by atoms with van der Waals surface area (Å²) in [5.74, 6) is 0.605. The number of halogens is 2. The molecule has 0 amide bonds. The first-order valence-corrected chi connectivity index (χ1v) is 8.90. The van der Waals surface area contributed by atoms with Gasteiger partial charge in [-0.05, 0) is 58.3 Å². The zero-order valence-corrected chi connectivity index (χ0v) is 16.2. The average molecular weight is 427 g/mol. The van der Waals surface area contributed by atoms with E-state index in [2.05, 4.69) is 31.8 Å². The van der Waals surface area contributed by atoms with Gasteiger partial charge in [-0.3, -0.25) is 5.43 Å². The Labute approximate surface area is 160 Å². The standard InChI is InChI=1S/C17H17BrClN3OS/c1-2-20-17(24)22-21-10-13-8-14(18)16(15(19)9-13)23-11-12-6-4-3-5-7-12/h3-10H,2,11H2,1H3,(H2,20,22,24). The first-order valence-electron chi connectivity index (χ1n) is 7.32. The zero-order valence-electron chi connectivity index (χ0n) is 13.1. The van der Waals surface area contributed by atoms with E-state index in [1.807, 2.05) is 43.3 Å². The van der Waals surface area contributed by atoms with Crippen LogP contribution in [0.5, 0.6) is 5.75 Å². The van der Waals surface area contributed by atoms with Gasteiger partial charge in [-0.15, -0.1) is 0 Å². The Bertz CT molecular complexity index is 702. The third-order valence-electron chi connectivity index (χ3n) is 2.96. The molecule has 0 atom stereocenters. The maximum absolute atomic E-state index is 6.32. The molecule has 0 heterocycles. The highest BCUT2D eigenvalue weighted by Gasteiger charge is 2.09. The molecule has 0 fully saturated rings. The van der Waals surface area contributed by atoms with Crippen molar-refractivity contribution in [3.8, 4) is 5.75 Å². The number of rotatable bonds is 6. The van der Waals surface area contributed by atoms with Crippen molar-refractivity contribution < 1.29 is 4.74 Å². The van der Waals surface area contributed by atoms with Crippen LogP contribution in [0.1, 0.15) is 18.1 Å². The van der Waals surface area contributed by atoms with Crippen molar-refractivity contribution in [3.63, 3.8) is 0 Å². The first-order chi connectivity index (χ1) is 11.6. The van der Waals surface area contributed by atoms with E-state index >= 15 is 0 Å². The van der Waals surface area contributed by atoms with Gasteiger partial charge < -0.3 is 10.1 Å². The van der Waals surface area contributed by atoms with Crippen LogP contribution in [0, 0.1) is 0 Å². The van der Waals surface area contributed by atoms with Crippen LogP contribution >= 0.6 is 39.7 Å². The molecule has 2 aromatic carbocycles. The highest BCUT2D eigenvalue weighted by atomic mass is 79.9. The predicted octanol–water partition coefficient (Wildman–Crippen LogP) is 4.50. The van der Waals surface area contributed by atoms with Crippen molar-refractivity contribution in [1.29, 1.82) is 0 Å². The number of nitrogens with zero attached hydrogens (tertiary/aromatic N) is 1. The minimum Gasteiger partial charge on any atom is -0.486 e. The lowest BCUT2D eigenvalue weighted by atomic mass is 10.2. The lowest BCUT2D eigenvalue weighted by Gasteiger charge is -2.11. The molecule has 0 spiro atoms. The van der Waals surface area contributed by atoms with Crippen molar-refractivity contribution in [2.75, 3.05) is 6.54 Å². The molecular weight excluding hydrogens is 410 g/mol. The summed E-state index contributed by atoms with van der Waals surface area (Å²) in [7, 11) is 0. The monoisotopic (exact) mass is 425 g/mol. The summed E-state index contributed by atoms with van der Waals surface area (Å²) in [6.45, 7) is 3.15. The van der Waals surface area contributed by atoms with E-state index in [1.54, 1.807) is 12.3 Å². The summed E-state index contributed by atoms with van der Waals surface area (Å²) in [6.07, 6.45) is 1.64. The molecule has 0 saturated carbocycles. The molecule has 0 aliphatic carbocycles. The van der Waals surface area contributed by atoms with Gasteiger partial charge in [0, 0.05) is 6.54 Å². The van der Waals surface area contributed by atoms with E-state index < -0.39 is 0 Å². The lowest BCUT2D eigenvalue weighted by molar-refractivity contribution is 0.304. The van der Waals surface area contributed by atoms with Crippen LogP contribution in [-0.4, -0.2) is 17.9 Å². The largest absolute Gasteiger partial charge is 0.486 e. The third-order valence-corrected chi connectivity index (χ3v) is 4.07. The quantitative estimate of drug-likeness (QED) is 0.405. The number of nitrogens with one attached hydrogen (secondary N) is 2. The minimum atomic E-state index is 0.450. The average Bonchev–Trinajstić information content (AvgIpc) is 2.55. The van der Waals surface area contributed by atoms with Gasteiger partial charge in [0.05, 0.1) is 15.7 Å². The van der Waals surface area contributed by atoms with E-state index in [0.717, 1.165) is 22.1 Å². The summed E-state index contributed by atoms with van der Waals surface area (Å²) >= 11 is 14.8. The van der Waals surface area contributed by atoms with Gasteiger partial charge in [0.15, 0.2) is 10.9 Å². The van der Waals surface area contributed by atoms with E-state index in [1.165, 1.54) is 0 Å². The fourth-order valence-corrected chi connectivity index (χ4v) is 3.07. The van der Waals surface area contributed by atoms with Gasteiger partial charge >= 0.3 is 0 Å². The van der Waals surface area contributed by atoms with Crippen molar-refractivity contribution in [3.05, 3.63) is 63.1 Å². The SMILES string of the molecule is CCNC(=S)NN=Cc1cc(Cl)c(OCc2ccccc2)c(Br)c1. The Morgan fingerprint density at radius 3 is 2.75 bits per heavy atom. The highest BCUT2D eigenvalue weighted by molar-refractivity contribution is 9.10. The molecule has 0 unspecified atom stereocenters. The summed E-state index contributed by atoms with van der Waals surface area (Å²) in [4.78, 5) is 0. The van der Waals surface area contributed by atoms with Gasteiger partial charge in [-0.1, -0.05) is 41.9 Å². The molecule has 0 radical (unpaired) electrons. The molecule has 4 nitrogen and oxygen atoms in total. The Balaban J connectivity index is 2.02. The molecule has 24 heavy (non-hydrogen) atoms. The number of hydrazone groups is 1. The Morgan fingerprint density at radius 1 is 1.33 bits per heavy atom. The highest BCUT2D eigenvalue weighted by Crippen LogP contribution is 2.34. The Hall–Kier alpha value is -1.63. The van der Waals surface area contributed by atoms with Gasteiger partial charge in [0.2, 0.25) is 0 Å². The number of benzene rings is 2. The predicted molar refractivity (Wildman–Crippen MR) is 107 cm³/mol. The maximum Gasteiger partial charge on any atom is 0.186 e. The normalized spacial score (nSPS) is 10.6. The molecule has 2 N–H and O–H groups in total. The zero-order chi connectivity index (χ0) is 17.4. The fraction of sp³-hybridized carbons (Fsp3) is 0.176. The number of hydrogen-bond acceptors (Lipinski definition) is 3. The van der Waals surface area contributed by atoms with E-state index in [4.69, 9.17) is 28.6 Å². The summed E-state index contributed by atoms with van der Waals surface area (Å²) in [5.41, 5.74) is 4.63. The maximum atomic E-state index is 6.32. The number of thiocarbonyl (C=S) groups is 1. The van der Waals surface area contributed by atoms with Gasteiger partial charge in [-0.2, -0.15) is 5.10 Å². The van der Waals surface area contributed by atoms with Gasteiger partial charge in [0.1, 0.15) is 6.61 Å². The van der Waals surface area contributed by atoms with Crippen molar-refractivity contribution in [1.82, 2.24) is 10.7 Å². The summed E-state index contributed by atoms with van der Waals surface area (Å²) < 4.78 is 6.58. The smallest absolute Gasteiger partial charge is 0.186 e. The molecular formula is C17H17BrClN3OS. The molecule has 0 aliphatic heterocycles. The molecule has 2 aromatic rings. The fourth-order valence-electron chi connectivity index (χ4n) is 1.89. The molecule has 0 aliphatic rings. The van der Waals surface area contributed by atoms with Crippen molar-refractivity contribution in [2.24, 2.45) is 5.10 Å². The van der Waals surface area contributed by atoms with Crippen LogP contribution in [-0.2, 0) is 6.61 Å². The van der Waals surface area contributed by atoms with E-state index in [9.17, 15) is 0 Å². The Kier molecular flexibility index (Phi) is 7.49. The molecule has 0 saturated heterocycles. The van der Waals surface area contributed by atoms with Gasteiger partial charge in [-0.25, -0.2) is 0 Å². The third kappa shape index (κ3) is 5.78. The molecule has 2 rings (SSSR count). The molecule has 7 heteroatoms. The van der Waals surface area contributed by atoms with Crippen LogP contribution in [0.2, 0.25) is 5.02 Å². The van der Waals surface area contributed by atoms with Crippen LogP contribution in [0.3, 0.4) is 0 Å². The number of hydrogen-bond donors (Lipinski definition) is 2.